The molecule has 1 N–H and O–H groups in total. The largest absolute Gasteiger partial charge is 0.495 e. The SMILES string of the molecule is COc1ccc(NC(=O)CSCc2cc(C)cc(C)c2)cc1Cl. The number of halogens is 1. The Bertz CT molecular complexity index is 683. The third-order valence-corrected chi connectivity index (χ3v) is 4.52. The van der Waals surface area contributed by atoms with E-state index in [0.29, 0.717) is 22.2 Å². The van der Waals surface area contributed by atoms with Gasteiger partial charge in [0.2, 0.25) is 5.91 Å². The van der Waals surface area contributed by atoms with Crippen molar-refractivity contribution in [3.05, 3.63) is 58.1 Å². The normalized spacial score (nSPS) is 10.4. The van der Waals surface area contributed by atoms with Crippen LogP contribution in [0.5, 0.6) is 5.75 Å². The van der Waals surface area contributed by atoms with Crippen LogP contribution in [-0.4, -0.2) is 18.8 Å². The summed E-state index contributed by atoms with van der Waals surface area (Å²) in [7, 11) is 1.56. The number of rotatable bonds is 6. The van der Waals surface area contributed by atoms with Crippen LogP contribution >= 0.6 is 23.4 Å². The van der Waals surface area contributed by atoms with Crippen molar-refractivity contribution in [2.45, 2.75) is 19.6 Å². The molecule has 2 aromatic carbocycles. The number of thioether (sulfide) groups is 1. The molecule has 0 aromatic heterocycles. The minimum atomic E-state index is -0.0411. The average molecular weight is 350 g/mol. The predicted octanol–water partition coefficient (Wildman–Crippen LogP) is 4.84. The number of hydrogen-bond acceptors (Lipinski definition) is 3. The zero-order valence-electron chi connectivity index (χ0n) is 13.5. The fourth-order valence-electron chi connectivity index (χ4n) is 2.36. The molecular weight excluding hydrogens is 330 g/mol. The number of ether oxygens (including phenoxy) is 1. The van der Waals surface area contributed by atoms with Gasteiger partial charge >= 0.3 is 0 Å². The first-order chi connectivity index (χ1) is 11.0. The van der Waals surface area contributed by atoms with Crippen LogP contribution < -0.4 is 10.1 Å². The van der Waals surface area contributed by atoms with Gasteiger partial charge in [-0.25, -0.2) is 0 Å². The second-order valence-electron chi connectivity index (χ2n) is 5.39. The minimum absolute atomic E-state index is 0.0411. The van der Waals surface area contributed by atoms with Gasteiger partial charge in [-0.3, -0.25) is 4.79 Å². The molecule has 0 heterocycles. The third kappa shape index (κ3) is 5.48. The first-order valence-electron chi connectivity index (χ1n) is 7.26. The number of carbonyl (C=O) groups is 1. The van der Waals surface area contributed by atoms with E-state index in [-0.39, 0.29) is 5.91 Å². The van der Waals surface area contributed by atoms with Crippen LogP contribution in [0.4, 0.5) is 5.69 Å². The second kappa shape index (κ2) is 8.27. The molecule has 2 rings (SSSR count). The van der Waals surface area contributed by atoms with Gasteiger partial charge in [0.15, 0.2) is 0 Å². The van der Waals surface area contributed by atoms with E-state index in [1.54, 1.807) is 37.1 Å². The number of benzene rings is 2. The monoisotopic (exact) mass is 349 g/mol. The van der Waals surface area contributed by atoms with Gasteiger partial charge < -0.3 is 10.1 Å². The molecule has 0 fully saturated rings. The second-order valence-corrected chi connectivity index (χ2v) is 6.78. The zero-order valence-corrected chi connectivity index (χ0v) is 15.1. The van der Waals surface area contributed by atoms with Crippen LogP contribution in [0.25, 0.3) is 0 Å². The summed E-state index contributed by atoms with van der Waals surface area (Å²) < 4.78 is 5.09. The van der Waals surface area contributed by atoms with E-state index in [0.717, 1.165) is 5.75 Å². The summed E-state index contributed by atoms with van der Waals surface area (Å²) in [6, 6.07) is 11.7. The van der Waals surface area contributed by atoms with Gasteiger partial charge in [-0.15, -0.1) is 11.8 Å². The number of aryl methyl sites for hydroxylation is 2. The fraction of sp³-hybridized carbons (Fsp3) is 0.278. The van der Waals surface area contributed by atoms with Gasteiger partial charge in [-0.2, -0.15) is 0 Å². The first-order valence-corrected chi connectivity index (χ1v) is 8.79. The summed E-state index contributed by atoms with van der Waals surface area (Å²) in [6.45, 7) is 4.17. The lowest BCUT2D eigenvalue weighted by molar-refractivity contribution is -0.113. The highest BCUT2D eigenvalue weighted by atomic mass is 35.5. The number of amides is 1. The molecule has 122 valence electrons. The molecule has 0 aliphatic rings. The Morgan fingerprint density at radius 3 is 2.48 bits per heavy atom. The van der Waals surface area contributed by atoms with Gasteiger partial charge in [-0.1, -0.05) is 40.9 Å². The minimum Gasteiger partial charge on any atom is -0.495 e. The Balaban J connectivity index is 1.84. The molecule has 0 spiro atoms. The highest BCUT2D eigenvalue weighted by molar-refractivity contribution is 7.99. The Morgan fingerprint density at radius 2 is 1.87 bits per heavy atom. The molecule has 5 heteroatoms. The van der Waals surface area contributed by atoms with Crippen molar-refractivity contribution in [2.75, 3.05) is 18.2 Å². The molecule has 0 bridgehead atoms. The zero-order chi connectivity index (χ0) is 16.8. The van der Waals surface area contributed by atoms with Crippen LogP contribution in [-0.2, 0) is 10.5 Å². The maximum absolute atomic E-state index is 12.0. The fourth-order valence-corrected chi connectivity index (χ4v) is 3.37. The highest BCUT2D eigenvalue weighted by Crippen LogP contribution is 2.27. The van der Waals surface area contributed by atoms with E-state index in [1.807, 2.05) is 0 Å². The summed E-state index contributed by atoms with van der Waals surface area (Å²) in [4.78, 5) is 12.0. The smallest absolute Gasteiger partial charge is 0.234 e. The van der Waals surface area contributed by atoms with Crippen molar-refractivity contribution in [2.24, 2.45) is 0 Å². The molecule has 3 nitrogen and oxygen atoms in total. The van der Waals surface area contributed by atoms with E-state index in [9.17, 15) is 4.79 Å². The lowest BCUT2D eigenvalue weighted by atomic mass is 10.1. The maximum atomic E-state index is 12.0. The molecule has 0 aliphatic carbocycles. The van der Waals surface area contributed by atoms with Gasteiger partial charge in [-0.05, 0) is 37.6 Å². The van der Waals surface area contributed by atoms with Crippen molar-refractivity contribution in [1.29, 1.82) is 0 Å². The molecule has 0 unspecified atom stereocenters. The Morgan fingerprint density at radius 1 is 1.17 bits per heavy atom. The summed E-state index contributed by atoms with van der Waals surface area (Å²) in [5.74, 6) is 1.77. The Kier molecular flexibility index (Phi) is 6.37. The Labute approximate surface area is 146 Å². The highest BCUT2D eigenvalue weighted by Gasteiger charge is 2.06. The van der Waals surface area contributed by atoms with Crippen molar-refractivity contribution in [3.63, 3.8) is 0 Å². The van der Waals surface area contributed by atoms with E-state index in [1.165, 1.54) is 16.7 Å². The molecular formula is C18H20ClNO2S. The molecule has 0 saturated carbocycles. The van der Waals surface area contributed by atoms with E-state index < -0.39 is 0 Å². The van der Waals surface area contributed by atoms with E-state index in [2.05, 4.69) is 37.4 Å². The molecule has 0 saturated heterocycles. The van der Waals surface area contributed by atoms with Crippen molar-refractivity contribution in [1.82, 2.24) is 0 Å². The lowest BCUT2D eigenvalue weighted by Crippen LogP contribution is -2.14. The van der Waals surface area contributed by atoms with Crippen LogP contribution in [0.2, 0.25) is 5.02 Å². The number of carbonyl (C=O) groups excluding carboxylic acids is 1. The lowest BCUT2D eigenvalue weighted by Gasteiger charge is -2.08. The van der Waals surface area contributed by atoms with E-state index >= 15 is 0 Å². The molecule has 23 heavy (non-hydrogen) atoms. The van der Waals surface area contributed by atoms with E-state index in [4.69, 9.17) is 16.3 Å². The molecule has 0 radical (unpaired) electrons. The Hall–Kier alpha value is -1.65. The number of nitrogens with one attached hydrogen (secondary N) is 1. The average Bonchev–Trinajstić information content (AvgIpc) is 2.46. The quantitative estimate of drug-likeness (QED) is 0.811. The first kappa shape index (κ1) is 17.7. The van der Waals surface area contributed by atoms with Crippen molar-refractivity contribution in [3.8, 4) is 5.75 Å². The topological polar surface area (TPSA) is 38.3 Å². The summed E-state index contributed by atoms with van der Waals surface area (Å²) >= 11 is 7.64. The van der Waals surface area contributed by atoms with Crippen LogP contribution in [0, 0.1) is 13.8 Å². The summed E-state index contributed by atoms with van der Waals surface area (Å²) in [5, 5.41) is 3.32. The standard InChI is InChI=1S/C18H20ClNO2S/c1-12-6-13(2)8-14(7-12)10-23-11-18(21)20-15-4-5-17(22-3)16(19)9-15/h4-9H,10-11H2,1-3H3,(H,20,21). The molecule has 1 amide bonds. The number of methoxy groups -OCH3 is 1. The maximum Gasteiger partial charge on any atom is 0.234 e. The van der Waals surface area contributed by atoms with Gasteiger partial charge in [0.25, 0.3) is 0 Å². The van der Waals surface area contributed by atoms with Crippen molar-refractivity contribution >= 4 is 35.0 Å². The number of hydrogen-bond donors (Lipinski definition) is 1. The van der Waals surface area contributed by atoms with Crippen molar-refractivity contribution < 1.29 is 9.53 Å². The molecule has 0 atom stereocenters. The van der Waals surface area contributed by atoms with Crippen LogP contribution in [0.1, 0.15) is 16.7 Å². The van der Waals surface area contributed by atoms with Gasteiger partial charge in [0.05, 0.1) is 17.9 Å². The van der Waals surface area contributed by atoms with Gasteiger partial charge in [0, 0.05) is 11.4 Å². The molecule has 2 aromatic rings. The third-order valence-electron chi connectivity index (χ3n) is 3.22. The van der Waals surface area contributed by atoms with Gasteiger partial charge in [0.1, 0.15) is 5.75 Å². The summed E-state index contributed by atoms with van der Waals surface area (Å²) in [5.41, 5.74) is 4.41. The molecule has 0 aliphatic heterocycles. The predicted molar refractivity (Wildman–Crippen MR) is 98.7 cm³/mol. The number of anilines is 1. The summed E-state index contributed by atoms with van der Waals surface area (Å²) in [6.07, 6.45) is 0. The van der Waals surface area contributed by atoms with Crippen LogP contribution in [0.3, 0.4) is 0 Å². The van der Waals surface area contributed by atoms with Crippen LogP contribution in [0.15, 0.2) is 36.4 Å².